The van der Waals surface area contributed by atoms with E-state index in [1.807, 2.05) is 19.1 Å². The minimum absolute atomic E-state index is 0.148. The highest BCUT2D eigenvalue weighted by Gasteiger charge is 2.37. The molecule has 0 aromatic heterocycles. The minimum Gasteiger partial charge on any atom is -0.443 e. The van der Waals surface area contributed by atoms with Crippen molar-refractivity contribution in [2.24, 2.45) is 0 Å². The Morgan fingerprint density at radius 2 is 1.76 bits per heavy atom. The summed E-state index contributed by atoms with van der Waals surface area (Å²) in [6.45, 7) is 9.38. The Bertz CT molecular complexity index is 1060. The van der Waals surface area contributed by atoms with Gasteiger partial charge in [0, 0.05) is 11.0 Å². The Hall–Kier alpha value is -2.06. The molecule has 1 aliphatic heterocycles. The number of amides is 1. The molecule has 8 heteroatoms. The predicted octanol–water partition coefficient (Wildman–Crippen LogP) is 5.02. The van der Waals surface area contributed by atoms with E-state index in [1.165, 1.54) is 9.21 Å². The quantitative estimate of drug-likeness (QED) is 0.605. The topological polar surface area (TPSA) is 66.9 Å². The molecule has 0 unspecified atom stereocenters. The molecule has 0 aliphatic carbocycles. The van der Waals surface area contributed by atoms with Crippen molar-refractivity contribution in [2.75, 3.05) is 22.3 Å². The summed E-state index contributed by atoms with van der Waals surface area (Å²) in [5.74, 6) is 0. The van der Waals surface area contributed by atoms with Crippen LogP contribution in [-0.2, 0) is 14.8 Å². The van der Waals surface area contributed by atoms with Gasteiger partial charge in [0.1, 0.15) is 5.60 Å². The van der Waals surface area contributed by atoms with Crippen molar-refractivity contribution in [1.82, 2.24) is 0 Å². The molecule has 1 heterocycles. The maximum Gasteiger partial charge on any atom is 0.414 e. The Kier molecular flexibility index (Phi) is 5.71. The molecule has 0 atom stereocenters. The van der Waals surface area contributed by atoms with E-state index >= 15 is 0 Å². The van der Waals surface area contributed by atoms with Crippen LogP contribution in [0.2, 0.25) is 0 Å². The maximum atomic E-state index is 13.5. The van der Waals surface area contributed by atoms with Gasteiger partial charge in [0.2, 0.25) is 0 Å². The van der Waals surface area contributed by atoms with Crippen LogP contribution in [0.4, 0.5) is 16.2 Å². The zero-order chi connectivity index (χ0) is 21.6. The minimum atomic E-state index is -3.80. The fourth-order valence-corrected chi connectivity index (χ4v) is 5.60. The second kappa shape index (κ2) is 7.65. The number of ether oxygens (including phenoxy) is 1. The number of nitrogens with zero attached hydrogens (tertiary/aromatic N) is 2. The van der Waals surface area contributed by atoms with Crippen molar-refractivity contribution in [3.05, 3.63) is 52.0 Å². The number of para-hydroxylation sites is 1. The molecule has 0 spiro atoms. The molecule has 6 nitrogen and oxygen atoms in total. The molecule has 0 fully saturated rings. The average Bonchev–Trinajstić information content (AvgIpc) is 2.59. The number of sulfonamides is 1. The van der Waals surface area contributed by atoms with Gasteiger partial charge in [-0.3, -0.25) is 9.21 Å². The van der Waals surface area contributed by atoms with Gasteiger partial charge in [0.25, 0.3) is 10.0 Å². The highest BCUT2D eigenvalue weighted by Crippen LogP contribution is 2.40. The second-order valence-electron chi connectivity index (χ2n) is 8.06. The lowest BCUT2D eigenvalue weighted by Gasteiger charge is -2.38. The van der Waals surface area contributed by atoms with E-state index in [0.29, 0.717) is 16.9 Å². The van der Waals surface area contributed by atoms with Crippen LogP contribution in [0.15, 0.2) is 45.8 Å². The number of anilines is 2. The molecule has 29 heavy (non-hydrogen) atoms. The molecule has 0 N–H and O–H groups in total. The summed E-state index contributed by atoms with van der Waals surface area (Å²) >= 11 is 3.38. The Morgan fingerprint density at radius 3 is 2.38 bits per heavy atom. The number of hydrogen-bond acceptors (Lipinski definition) is 4. The van der Waals surface area contributed by atoms with Gasteiger partial charge in [-0.2, -0.15) is 0 Å². The molecule has 0 radical (unpaired) electrons. The standard InChI is InChI=1S/C21H25BrN2O4S/c1-14-7-6-8-17-19(14)24(12-11-23(17)20(25)28-21(3,4)5)29(26,27)18-10-9-16(22)13-15(18)2/h6-10,13H,11-12H2,1-5H3. The lowest BCUT2D eigenvalue weighted by molar-refractivity contribution is 0.0580. The Morgan fingerprint density at radius 1 is 1.07 bits per heavy atom. The van der Waals surface area contributed by atoms with Crippen molar-refractivity contribution in [1.29, 1.82) is 0 Å². The normalized spacial score (nSPS) is 14.6. The number of benzene rings is 2. The van der Waals surface area contributed by atoms with E-state index in [9.17, 15) is 13.2 Å². The fraction of sp³-hybridized carbons (Fsp3) is 0.381. The fourth-order valence-electron chi connectivity index (χ4n) is 3.38. The van der Waals surface area contributed by atoms with Gasteiger partial charge in [0.15, 0.2) is 0 Å². The Balaban J connectivity index is 2.09. The average molecular weight is 481 g/mol. The van der Waals surface area contributed by atoms with E-state index in [1.54, 1.807) is 52.0 Å². The molecule has 1 aliphatic rings. The van der Waals surface area contributed by atoms with Crippen LogP contribution in [0.25, 0.3) is 0 Å². The van der Waals surface area contributed by atoms with E-state index in [4.69, 9.17) is 4.74 Å². The van der Waals surface area contributed by atoms with Gasteiger partial charge in [-0.15, -0.1) is 0 Å². The first-order chi connectivity index (χ1) is 13.4. The first-order valence-corrected chi connectivity index (χ1v) is 11.5. The lowest BCUT2D eigenvalue weighted by atomic mass is 10.1. The Labute approximate surface area is 180 Å². The largest absolute Gasteiger partial charge is 0.443 e. The van der Waals surface area contributed by atoms with Crippen LogP contribution in [-0.4, -0.2) is 33.2 Å². The summed E-state index contributed by atoms with van der Waals surface area (Å²) in [6, 6.07) is 10.5. The van der Waals surface area contributed by atoms with Gasteiger partial charge in [-0.1, -0.05) is 28.1 Å². The molecule has 2 aromatic carbocycles. The number of rotatable bonds is 2. The zero-order valence-electron chi connectivity index (χ0n) is 17.2. The van der Waals surface area contributed by atoms with E-state index in [-0.39, 0.29) is 18.0 Å². The summed E-state index contributed by atoms with van der Waals surface area (Å²) in [4.78, 5) is 14.5. The van der Waals surface area contributed by atoms with E-state index < -0.39 is 21.7 Å². The third-order valence-corrected chi connectivity index (χ3v) is 7.05. The van der Waals surface area contributed by atoms with Crippen molar-refractivity contribution in [3.63, 3.8) is 0 Å². The third-order valence-electron chi connectivity index (χ3n) is 4.60. The number of carbonyl (C=O) groups excluding carboxylic acids is 1. The van der Waals surface area contributed by atoms with Crippen LogP contribution < -0.4 is 9.21 Å². The van der Waals surface area contributed by atoms with E-state index in [2.05, 4.69) is 15.9 Å². The number of carbonyl (C=O) groups is 1. The van der Waals surface area contributed by atoms with Crippen molar-refractivity contribution < 1.29 is 17.9 Å². The molecule has 0 saturated carbocycles. The first kappa shape index (κ1) is 21.6. The smallest absolute Gasteiger partial charge is 0.414 e. The molecular formula is C21H25BrN2O4S. The van der Waals surface area contributed by atoms with Crippen molar-refractivity contribution >= 4 is 43.4 Å². The maximum absolute atomic E-state index is 13.5. The van der Waals surface area contributed by atoms with Gasteiger partial charge < -0.3 is 4.74 Å². The summed E-state index contributed by atoms with van der Waals surface area (Å²) in [6.07, 6.45) is -0.485. The molecule has 1 amide bonds. The lowest BCUT2D eigenvalue weighted by Crippen LogP contribution is -2.48. The molecule has 156 valence electrons. The molecule has 0 saturated heterocycles. The molecule has 3 rings (SSSR count). The number of aryl methyl sites for hydroxylation is 2. The predicted molar refractivity (Wildman–Crippen MR) is 118 cm³/mol. The van der Waals surface area contributed by atoms with Gasteiger partial charge in [-0.05, 0) is 70.0 Å². The first-order valence-electron chi connectivity index (χ1n) is 9.31. The van der Waals surface area contributed by atoms with Crippen LogP contribution in [0, 0.1) is 13.8 Å². The number of hydrogen-bond donors (Lipinski definition) is 0. The monoisotopic (exact) mass is 480 g/mol. The highest BCUT2D eigenvalue weighted by molar-refractivity contribution is 9.10. The summed E-state index contributed by atoms with van der Waals surface area (Å²) in [5, 5.41) is 0. The molecule has 2 aromatic rings. The van der Waals surface area contributed by atoms with Gasteiger partial charge >= 0.3 is 6.09 Å². The van der Waals surface area contributed by atoms with Gasteiger partial charge in [-0.25, -0.2) is 13.2 Å². The SMILES string of the molecule is Cc1cc(Br)ccc1S(=O)(=O)N1CCN(C(=O)OC(C)(C)C)c2cccc(C)c21. The van der Waals surface area contributed by atoms with E-state index in [0.717, 1.165) is 10.0 Å². The molecular weight excluding hydrogens is 456 g/mol. The van der Waals surface area contributed by atoms with Gasteiger partial charge in [0.05, 0.1) is 22.8 Å². The zero-order valence-corrected chi connectivity index (χ0v) is 19.6. The third kappa shape index (κ3) is 4.28. The van der Waals surface area contributed by atoms with Crippen LogP contribution in [0.1, 0.15) is 31.9 Å². The van der Waals surface area contributed by atoms with Crippen molar-refractivity contribution in [2.45, 2.75) is 45.1 Å². The number of halogens is 1. The van der Waals surface area contributed by atoms with Crippen LogP contribution in [0.5, 0.6) is 0 Å². The summed E-state index contributed by atoms with van der Waals surface area (Å²) in [7, 11) is -3.80. The second-order valence-corrected chi connectivity index (χ2v) is 10.8. The highest BCUT2D eigenvalue weighted by atomic mass is 79.9. The number of fused-ring (bicyclic) bond motifs is 1. The summed E-state index contributed by atoms with van der Waals surface area (Å²) in [5.41, 5.74) is 1.83. The van der Waals surface area contributed by atoms with Crippen LogP contribution >= 0.6 is 15.9 Å². The molecule has 0 bridgehead atoms. The summed E-state index contributed by atoms with van der Waals surface area (Å²) < 4.78 is 34.8. The van der Waals surface area contributed by atoms with Crippen LogP contribution in [0.3, 0.4) is 0 Å². The van der Waals surface area contributed by atoms with Crippen molar-refractivity contribution in [3.8, 4) is 0 Å².